The Morgan fingerprint density at radius 3 is 2.83 bits per heavy atom. The molecule has 6 heteroatoms. The lowest BCUT2D eigenvalue weighted by Gasteiger charge is -2.25. The second-order valence-corrected chi connectivity index (χ2v) is 6.15. The highest BCUT2D eigenvalue weighted by atomic mass is 16.2. The standard InChI is InChI=1S/C18H24N4O2/c1-3-16-20-14-11-13(8-9-15(14)22(16)4-2)19-17(23)12-21-10-6-5-7-18(21)24/h8-9,11H,3-7,10,12H2,1-2H3,(H,19,23). The lowest BCUT2D eigenvalue weighted by Crippen LogP contribution is -2.40. The van der Waals surface area contributed by atoms with Gasteiger partial charge in [0, 0.05) is 31.6 Å². The molecule has 1 N–H and O–H groups in total. The van der Waals surface area contributed by atoms with E-state index in [0.29, 0.717) is 13.0 Å². The van der Waals surface area contributed by atoms with Crippen LogP contribution in [0.2, 0.25) is 0 Å². The van der Waals surface area contributed by atoms with Gasteiger partial charge < -0.3 is 14.8 Å². The molecule has 0 unspecified atom stereocenters. The van der Waals surface area contributed by atoms with Crippen LogP contribution in [0.5, 0.6) is 0 Å². The molecule has 3 rings (SSSR count). The summed E-state index contributed by atoms with van der Waals surface area (Å²) >= 11 is 0. The molecule has 0 radical (unpaired) electrons. The summed E-state index contributed by atoms with van der Waals surface area (Å²) in [6.45, 7) is 5.87. The van der Waals surface area contributed by atoms with Crippen molar-refractivity contribution in [3.05, 3.63) is 24.0 Å². The molecule has 1 aromatic carbocycles. The summed E-state index contributed by atoms with van der Waals surface area (Å²) in [5, 5.41) is 2.88. The van der Waals surface area contributed by atoms with E-state index in [-0.39, 0.29) is 18.4 Å². The van der Waals surface area contributed by atoms with Crippen molar-refractivity contribution in [2.45, 2.75) is 46.1 Å². The topological polar surface area (TPSA) is 67.2 Å². The lowest BCUT2D eigenvalue weighted by molar-refractivity contribution is -0.136. The molecule has 1 aliphatic rings. The minimum atomic E-state index is -0.157. The summed E-state index contributed by atoms with van der Waals surface area (Å²) in [5.74, 6) is 0.964. The molecular formula is C18H24N4O2. The molecule has 2 heterocycles. The first-order valence-electron chi connectivity index (χ1n) is 8.69. The van der Waals surface area contributed by atoms with Crippen molar-refractivity contribution in [2.75, 3.05) is 18.4 Å². The fraction of sp³-hybridized carbons (Fsp3) is 0.500. The number of carbonyl (C=O) groups is 2. The highest BCUT2D eigenvalue weighted by Gasteiger charge is 2.20. The molecule has 1 saturated heterocycles. The van der Waals surface area contributed by atoms with E-state index in [2.05, 4.69) is 28.7 Å². The van der Waals surface area contributed by atoms with Crippen LogP contribution in [0.1, 0.15) is 38.9 Å². The van der Waals surface area contributed by atoms with Gasteiger partial charge in [0.05, 0.1) is 17.6 Å². The number of rotatable bonds is 5. The normalized spacial score (nSPS) is 15.1. The van der Waals surface area contributed by atoms with Crippen LogP contribution in [-0.2, 0) is 22.6 Å². The summed E-state index contributed by atoms with van der Waals surface area (Å²) in [4.78, 5) is 30.3. The van der Waals surface area contributed by atoms with Crippen LogP contribution in [0.25, 0.3) is 11.0 Å². The van der Waals surface area contributed by atoms with Crippen molar-refractivity contribution in [3.63, 3.8) is 0 Å². The van der Waals surface area contributed by atoms with Gasteiger partial charge in [0.25, 0.3) is 0 Å². The van der Waals surface area contributed by atoms with E-state index in [9.17, 15) is 9.59 Å². The summed E-state index contributed by atoms with van der Waals surface area (Å²) in [7, 11) is 0. The summed E-state index contributed by atoms with van der Waals surface area (Å²) in [6, 6.07) is 5.79. The minimum Gasteiger partial charge on any atom is -0.333 e. The van der Waals surface area contributed by atoms with E-state index >= 15 is 0 Å². The second kappa shape index (κ2) is 7.03. The Morgan fingerprint density at radius 2 is 2.12 bits per heavy atom. The van der Waals surface area contributed by atoms with Crippen molar-refractivity contribution in [1.29, 1.82) is 0 Å². The molecule has 1 aliphatic heterocycles. The van der Waals surface area contributed by atoms with Crippen LogP contribution in [0.4, 0.5) is 5.69 Å². The molecule has 0 aliphatic carbocycles. The number of imidazole rings is 1. The Bertz CT molecular complexity index is 766. The van der Waals surface area contributed by atoms with Crippen molar-refractivity contribution in [1.82, 2.24) is 14.5 Å². The van der Waals surface area contributed by atoms with Crippen LogP contribution in [0.15, 0.2) is 18.2 Å². The molecule has 2 aromatic rings. The van der Waals surface area contributed by atoms with Crippen LogP contribution in [0, 0.1) is 0 Å². The number of amides is 2. The van der Waals surface area contributed by atoms with Gasteiger partial charge >= 0.3 is 0 Å². The zero-order valence-corrected chi connectivity index (χ0v) is 14.3. The van der Waals surface area contributed by atoms with E-state index < -0.39 is 0 Å². The number of benzene rings is 1. The van der Waals surface area contributed by atoms with Crippen LogP contribution < -0.4 is 5.32 Å². The summed E-state index contributed by atoms with van der Waals surface area (Å²) in [5.41, 5.74) is 2.69. The highest BCUT2D eigenvalue weighted by molar-refractivity contribution is 5.96. The Morgan fingerprint density at radius 1 is 1.29 bits per heavy atom. The van der Waals surface area contributed by atoms with Gasteiger partial charge in [-0.2, -0.15) is 0 Å². The average Bonchev–Trinajstić information content (AvgIpc) is 2.93. The van der Waals surface area contributed by atoms with Gasteiger partial charge in [0.2, 0.25) is 11.8 Å². The number of nitrogens with zero attached hydrogens (tertiary/aromatic N) is 3. The number of aryl methyl sites for hydroxylation is 2. The van der Waals surface area contributed by atoms with Crippen molar-refractivity contribution >= 4 is 28.5 Å². The predicted molar refractivity (Wildman–Crippen MR) is 93.8 cm³/mol. The van der Waals surface area contributed by atoms with Crippen molar-refractivity contribution < 1.29 is 9.59 Å². The highest BCUT2D eigenvalue weighted by Crippen LogP contribution is 2.21. The number of likely N-dealkylation sites (tertiary alicyclic amines) is 1. The Hall–Kier alpha value is -2.37. The first kappa shape index (κ1) is 16.5. The van der Waals surface area contributed by atoms with E-state index in [1.807, 2.05) is 18.2 Å². The molecule has 6 nitrogen and oxygen atoms in total. The van der Waals surface area contributed by atoms with Gasteiger partial charge in [-0.05, 0) is 38.0 Å². The first-order chi connectivity index (χ1) is 11.6. The fourth-order valence-electron chi connectivity index (χ4n) is 3.28. The maximum absolute atomic E-state index is 12.2. The smallest absolute Gasteiger partial charge is 0.243 e. The average molecular weight is 328 g/mol. The maximum atomic E-state index is 12.2. The first-order valence-corrected chi connectivity index (χ1v) is 8.69. The molecule has 0 saturated carbocycles. The number of hydrogen-bond donors (Lipinski definition) is 1. The SMILES string of the molecule is CCc1nc2cc(NC(=O)CN3CCCCC3=O)ccc2n1CC. The van der Waals surface area contributed by atoms with Crippen LogP contribution >= 0.6 is 0 Å². The molecule has 0 bridgehead atoms. The van der Waals surface area contributed by atoms with E-state index in [1.54, 1.807) is 4.90 Å². The van der Waals surface area contributed by atoms with Gasteiger partial charge in [-0.1, -0.05) is 6.92 Å². The molecule has 0 atom stereocenters. The number of nitrogens with one attached hydrogen (secondary N) is 1. The Balaban J connectivity index is 1.73. The minimum absolute atomic E-state index is 0.0705. The number of anilines is 1. The number of hydrogen-bond acceptors (Lipinski definition) is 3. The van der Waals surface area contributed by atoms with Gasteiger partial charge in [-0.15, -0.1) is 0 Å². The van der Waals surface area contributed by atoms with Gasteiger partial charge in [0.1, 0.15) is 5.82 Å². The fourth-order valence-corrected chi connectivity index (χ4v) is 3.28. The Labute approximate surface area is 141 Å². The van der Waals surface area contributed by atoms with Gasteiger partial charge in [-0.25, -0.2) is 4.98 Å². The van der Waals surface area contributed by atoms with Crippen LogP contribution in [0.3, 0.4) is 0 Å². The monoisotopic (exact) mass is 328 g/mol. The van der Waals surface area contributed by atoms with Crippen LogP contribution in [-0.4, -0.2) is 39.4 Å². The number of fused-ring (bicyclic) bond motifs is 1. The predicted octanol–water partition coefficient (Wildman–Crippen LogP) is 2.57. The summed E-state index contributed by atoms with van der Waals surface area (Å²) in [6.07, 6.45) is 3.32. The molecule has 2 amide bonds. The van der Waals surface area contributed by atoms with Gasteiger partial charge in [-0.3, -0.25) is 9.59 Å². The maximum Gasteiger partial charge on any atom is 0.243 e. The van der Waals surface area contributed by atoms with Crippen molar-refractivity contribution in [3.8, 4) is 0 Å². The zero-order valence-electron chi connectivity index (χ0n) is 14.3. The van der Waals surface area contributed by atoms with Gasteiger partial charge in [0.15, 0.2) is 0 Å². The molecule has 128 valence electrons. The number of piperidine rings is 1. The quantitative estimate of drug-likeness (QED) is 0.917. The third kappa shape index (κ3) is 3.27. The molecular weight excluding hydrogens is 304 g/mol. The lowest BCUT2D eigenvalue weighted by atomic mass is 10.1. The molecule has 24 heavy (non-hydrogen) atoms. The number of aromatic nitrogens is 2. The number of carbonyl (C=O) groups excluding carboxylic acids is 2. The third-order valence-corrected chi connectivity index (χ3v) is 4.50. The Kier molecular flexibility index (Phi) is 4.83. The van der Waals surface area contributed by atoms with Crippen molar-refractivity contribution in [2.24, 2.45) is 0 Å². The second-order valence-electron chi connectivity index (χ2n) is 6.15. The molecule has 1 fully saturated rings. The van der Waals surface area contributed by atoms with E-state index in [4.69, 9.17) is 0 Å². The van der Waals surface area contributed by atoms with E-state index in [1.165, 1.54) is 0 Å². The molecule has 0 spiro atoms. The molecule has 1 aromatic heterocycles. The summed E-state index contributed by atoms with van der Waals surface area (Å²) < 4.78 is 2.19. The van der Waals surface area contributed by atoms with E-state index in [0.717, 1.165) is 48.4 Å². The zero-order chi connectivity index (χ0) is 17.1. The largest absolute Gasteiger partial charge is 0.333 e. The third-order valence-electron chi connectivity index (χ3n) is 4.50.